The van der Waals surface area contributed by atoms with Crippen LogP contribution in [0.15, 0.2) is 74.8 Å². The van der Waals surface area contributed by atoms with Gasteiger partial charge >= 0.3 is 5.97 Å². The van der Waals surface area contributed by atoms with Crippen molar-refractivity contribution in [2.24, 2.45) is 4.99 Å². The van der Waals surface area contributed by atoms with E-state index in [1.807, 2.05) is 41.6 Å². The van der Waals surface area contributed by atoms with Crippen LogP contribution in [0.5, 0.6) is 5.75 Å². The average molecular weight is 530 g/mol. The number of fused-ring (bicyclic) bond motifs is 1. The first-order valence-electron chi connectivity index (χ1n) is 10.1. The zero-order valence-corrected chi connectivity index (χ0v) is 20.3. The van der Waals surface area contributed by atoms with Gasteiger partial charge in [0.2, 0.25) is 0 Å². The summed E-state index contributed by atoms with van der Waals surface area (Å²) in [7, 11) is 0. The first-order valence-corrected chi connectivity index (χ1v) is 11.8. The van der Waals surface area contributed by atoms with E-state index in [1.165, 1.54) is 23.9 Å². The molecule has 0 radical (unpaired) electrons. The van der Waals surface area contributed by atoms with E-state index in [4.69, 9.17) is 9.47 Å². The summed E-state index contributed by atoms with van der Waals surface area (Å²) in [5.74, 6) is 0.190. The lowest BCUT2D eigenvalue weighted by Gasteiger charge is -2.33. The fourth-order valence-electron chi connectivity index (χ4n) is 3.62. The van der Waals surface area contributed by atoms with Gasteiger partial charge in [-0.15, -0.1) is 0 Å². The third kappa shape index (κ3) is 4.81. The van der Waals surface area contributed by atoms with Crippen molar-refractivity contribution in [1.29, 1.82) is 0 Å². The highest BCUT2D eigenvalue weighted by Gasteiger charge is 2.37. The Morgan fingerprint density at radius 1 is 1.30 bits per heavy atom. The minimum absolute atomic E-state index is 0.0190. The molecule has 2 heterocycles. The zero-order valence-electron chi connectivity index (χ0n) is 17.9. The second kappa shape index (κ2) is 9.80. The van der Waals surface area contributed by atoms with Crippen LogP contribution in [0.3, 0.4) is 0 Å². The predicted molar refractivity (Wildman–Crippen MR) is 130 cm³/mol. The maximum absolute atomic E-state index is 12.8. The summed E-state index contributed by atoms with van der Waals surface area (Å²) in [4.78, 5) is 29.9. The number of non-ortho nitro benzene ring substituents is 1. The Bertz CT molecular complexity index is 1210. The van der Waals surface area contributed by atoms with Crippen LogP contribution in [0.4, 0.5) is 5.69 Å². The number of thioether (sulfide) groups is 1. The maximum Gasteiger partial charge on any atom is 0.338 e. The van der Waals surface area contributed by atoms with E-state index in [2.05, 4.69) is 20.9 Å². The summed E-state index contributed by atoms with van der Waals surface area (Å²) in [6.07, 6.45) is 1.90. The number of nitrogens with zero attached hydrogens (tertiary/aromatic N) is 3. The van der Waals surface area contributed by atoms with Crippen LogP contribution in [0, 0.1) is 10.1 Å². The third-order valence-corrected chi connectivity index (χ3v) is 6.49. The second-order valence-electron chi connectivity index (χ2n) is 7.23. The number of amidine groups is 1. The van der Waals surface area contributed by atoms with Gasteiger partial charge in [-0.1, -0.05) is 30.0 Å². The number of aliphatic imine (C=N–C) groups is 1. The number of halogens is 1. The van der Waals surface area contributed by atoms with E-state index in [1.54, 1.807) is 19.1 Å². The van der Waals surface area contributed by atoms with Gasteiger partial charge in [0.1, 0.15) is 12.4 Å². The van der Waals surface area contributed by atoms with Crippen LogP contribution < -0.4 is 4.74 Å². The Labute approximate surface area is 203 Å². The van der Waals surface area contributed by atoms with Crippen molar-refractivity contribution in [1.82, 2.24) is 4.90 Å². The molecule has 4 rings (SSSR count). The Balaban J connectivity index is 1.60. The van der Waals surface area contributed by atoms with Crippen molar-refractivity contribution >= 4 is 44.5 Å². The van der Waals surface area contributed by atoms with Crippen molar-refractivity contribution in [3.63, 3.8) is 0 Å². The topological polar surface area (TPSA) is 94.3 Å². The van der Waals surface area contributed by atoms with E-state index in [0.29, 0.717) is 27.1 Å². The fraction of sp³-hybridized carbons (Fsp3) is 0.217. The molecule has 0 aromatic heterocycles. The summed E-state index contributed by atoms with van der Waals surface area (Å²) < 4.78 is 11.9. The van der Waals surface area contributed by atoms with Gasteiger partial charge in [0.25, 0.3) is 5.69 Å². The standard InChI is InChI=1S/C23H20BrN3O5S/c1-3-31-22(28)20-14(2)25-23-26(9-10-33-23)21(20)16-7-8-19(18(24)12-16)32-13-15-5-4-6-17(11-15)27(29)30/h4-12,21H,3,13H2,1-2H3/t21-/m1/s1. The molecule has 0 bridgehead atoms. The number of esters is 1. The molecule has 8 nitrogen and oxygen atoms in total. The lowest BCUT2D eigenvalue weighted by molar-refractivity contribution is -0.384. The van der Waals surface area contributed by atoms with Gasteiger partial charge in [-0.05, 0) is 58.4 Å². The van der Waals surface area contributed by atoms with Crippen LogP contribution >= 0.6 is 27.7 Å². The number of allylic oxidation sites excluding steroid dienone is 1. The lowest BCUT2D eigenvalue weighted by Crippen LogP contribution is -2.34. The summed E-state index contributed by atoms with van der Waals surface area (Å²) in [5.41, 5.74) is 2.70. The number of carbonyl (C=O) groups is 1. The Morgan fingerprint density at radius 3 is 2.85 bits per heavy atom. The number of rotatable bonds is 7. The van der Waals surface area contributed by atoms with Gasteiger partial charge in [0.15, 0.2) is 5.17 Å². The van der Waals surface area contributed by atoms with E-state index in [0.717, 1.165) is 10.7 Å². The average Bonchev–Trinajstić information content (AvgIpc) is 3.25. The smallest absolute Gasteiger partial charge is 0.338 e. The fourth-order valence-corrected chi connectivity index (χ4v) is 4.93. The quantitative estimate of drug-likeness (QED) is 0.257. The molecule has 0 amide bonds. The lowest BCUT2D eigenvalue weighted by atomic mass is 9.95. The maximum atomic E-state index is 12.8. The minimum atomic E-state index is -0.433. The molecule has 0 unspecified atom stereocenters. The van der Waals surface area contributed by atoms with Crippen LogP contribution in [-0.2, 0) is 16.1 Å². The normalized spacial score (nSPS) is 17.0. The Morgan fingerprint density at radius 2 is 2.12 bits per heavy atom. The largest absolute Gasteiger partial charge is 0.488 e. The van der Waals surface area contributed by atoms with Crippen molar-refractivity contribution in [2.45, 2.75) is 26.5 Å². The number of benzene rings is 2. The molecular weight excluding hydrogens is 510 g/mol. The molecular formula is C23H20BrN3O5S. The van der Waals surface area contributed by atoms with Gasteiger partial charge in [0.05, 0.1) is 33.3 Å². The summed E-state index contributed by atoms with van der Waals surface area (Å²) in [5, 5.41) is 13.7. The molecule has 0 fully saturated rings. The Hall–Kier alpha value is -3.11. The predicted octanol–water partition coefficient (Wildman–Crippen LogP) is 5.70. The highest BCUT2D eigenvalue weighted by atomic mass is 79.9. The summed E-state index contributed by atoms with van der Waals surface area (Å²) >= 11 is 5.06. The van der Waals surface area contributed by atoms with Crippen LogP contribution in [0.25, 0.3) is 0 Å². The molecule has 2 aliphatic heterocycles. The molecule has 0 N–H and O–H groups in total. The SMILES string of the molecule is CCOC(=O)C1=C(C)N=C2SC=CN2[C@@H]1c1ccc(OCc2cccc([N+](=O)[O-])c2)c(Br)c1. The van der Waals surface area contributed by atoms with Crippen LogP contribution in [0.1, 0.15) is 31.0 Å². The zero-order chi connectivity index (χ0) is 23.5. The first kappa shape index (κ1) is 23.1. The molecule has 2 aromatic rings. The molecule has 1 atom stereocenters. The molecule has 0 aliphatic carbocycles. The van der Waals surface area contributed by atoms with Crippen molar-refractivity contribution in [3.05, 3.63) is 91.1 Å². The molecule has 2 aromatic carbocycles. The van der Waals surface area contributed by atoms with E-state index >= 15 is 0 Å². The minimum Gasteiger partial charge on any atom is -0.488 e. The number of nitro groups is 1. The van der Waals surface area contributed by atoms with Crippen molar-refractivity contribution in [3.8, 4) is 5.75 Å². The van der Waals surface area contributed by atoms with E-state index < -0.39 is 10.9 Å². The summed E-state index contributed by atoms with van der Waals surface area (Å²) in [6.45, 7) is 4.04. The van der Waals surface area contributed by atoms with Gasteiger partial charge in [-0.3, -0.25) is 10.1 Å². The number of ether oxygens (including phenoxy) is 2. The van der Waals surface area contributed by atoms with E-state index in [9.17, 15) is 14.9 Å². The van der Waals surface area contributed by atoms with Gasteiger partial charge in [-0.25, -0.2) is 9.79 Å². The molecule has 0 spiro atoms. The monoisotopic (exact) mass is 529 g/mol. The number of carbonyl (C=O) groups excluding carboxylic acids is 1. The van der Waals surface area contributed by atoms with Gasteiger partial charge in [0, 0.05) is 18.3 Å². The third-order valence-electron chi connectivity index (χ3n) is 5.10. The van der Waals surface area contributed by atoms with Crippen LogP contribution in [0.2, 0.25) is 0 Å². The molecule has 0 saturated heterocycles. The summed E-state index contributed by atoms with van der Waals surface area (Å²) in [6, 6.07) is 11.6. The Kier molecular flexibility index (Phi) is 6.85. The van der Waals surface area contributed by atoms with Crippen LogP contribution in [-0.4, -0.2) is 27.6 Å². The molecule has 33 heavy (non-hydrogen) atoms. The number of hydrogen-bond acceptors (Lipinski definition) is 8. The highest BCUT2D eigenvalue weighted by Crippen LogP contribution is 2.42. The number of hydrogen-bond donors (Lipinski definition) is 0. The van der Waals surface area contributed by atoms with Crippen molar-refractivity contribution < 1.29 is 19.2 Å². The molecule has 2 aliphatic rings. The van der Waals surface area contributed by atoms with Crippen molar-refractivity contribution in [2.75, 3.05) is 6.61 Å². The van der Waals surface area contributed by atoms with Gasteiger partial charge < -0.3 is 14.4 Å². The molecule has 0 saturated carbocycles. The van der Waals surface area contributed by atoms with E-state index in [-0.39, 0.29) is 24.9 Å². The first-order chi connectivity index (χ1) is 15.9. The highest BCUT2D eigenvalue weighted by molar-refractivity contribution is 9.10. The van der Waals surface area contributed by atoms with Gasteiger partial charge in [-0.2, -0.15) is 0 Å². The molecule has 170 valence electrons. The second-order valence-corrected chi connectivity index (χ2v) is 8.96. The number of nitro benzene ring substituents is 1. The molecule has 10 heteroatoms.